The molecule has 0 unspecified atom stereocenters. The lowest BCUT2D eigenvalue weighted by Gasteiger charge is -1.90. The van der Waals surface area contributed by atoms with E-state index in [4.69, 9.17) is 4.42 Å². The van der Waals surface area contributed by atoms with Gasteiger partial charge in [-0.1, -0.05) is 0 Å². The summed E-state index contributed by atoms with van der Waals surface area (Å²) >= 11 is 0.882. The average Bonchev–Trinajstić information content (AvgIpc) is 2.62. The second kappa shape index (κ2) is 3.34. The fourth-order valence-corrected chi connectivity index (χ4v) is 1.73. The van der Waals surface area contributed by atoms with Crippen molar-refractivity contribution in [2.24, 2.45) is 0 Å². The zero-order valence-electron chi connectivity index (χ0n) is 7.37. The van der Waals surface area contributed by atoms with Crippen LogP contribution >= 0.6 is 11.8 Å². The molecule has 1 aliphatic rings. The van der Waals surface area contributed by atoms with Crippen LogP contribution in [0.25, 0.3) is 6.08 Å². The fourth-order valence-electron chi connectivity index (χ4n) is 1.07. The molecule has 1 aromatic rings. The molecule has 14 heavy (non-hydrogen) atoms. The number of carbonyl (C=O) groups excluding carboxylic acids is 2. The topological polar surface area (TPSA) is 59.3 Å². The highest BCUT2D eigenvalue weighted by Crippen LogP contribution is 2.26. The Bertz CT molecular complexity index is 433. The third-order valence-corrected chi connectivity index (χ3v) is 2.62. The fraction of sp³-hybridized carbons (Fsp3) is 0.111. The Hall–Kier alpha value is -1.49. The minimum absolute atomic E-state index is 0.342. The highest BCUT2D eigenvalue weighted by atomic mass is 32.2. The third-order valence-electron chi connectivity index (χ3n) is 1.81. The van der Waals surface area contributed by atoms with E-state index in [0.717, 1.165) is 17.3 Å². The predicted molar refractivity (Wildman–Crippen MR) is 52.6 cm³/mol. The molecule has 1 fully saturated rings. The van der Waals surface area contributed by atoms with Crippen LogP contribution < -0.4 is 5.32 Å². The normalized spacial score (nSPS) is 19.1. The minimum Gasteiger partial charge on any atom is -0.465 e. The van der Waals surface area contributed by atoms with Gasteiger partial charge in [0.15, 0.2) is 0 Å². The summed E-state index contributed by atoms with van der Waals surface area (Å²) in [6.45, 7) is 1.87. The Morgan fingerprint density at radius 3 is 2.79 bits per heavy atom. The molecular weight excluding hydrogens is 202 g/mol. The molecular formula is C9H7NO3S. The van der Waals surface area contributed by atoms with E-state index in [0.29, 0.717) is 10.7 Å². The Morgan fingerprint density at radius 1 is 1.50 bits per heavy atom. The van der Waals surface area contributed by atoms with Gasteiger partial charge >= 0.3 is 0 Å². The van der Waals surface area contributed by atoms with Crippen LogP contribution in [0.4, 0.5) is 4.79 Å². The molecule has 0 spiro atoms. The molecule has 0 saturated carbocycles. The van der Waals surface area contributed by atoms with Crippen LogP contribution in [0.2, 0.25) is 0 Å². The van der Waals surface area contributed by atoms with E-state index in [2.05, 4.69) is 5.32 Å². The number of aryl methyl sites for hydroxylation is 1. The van der Waals surface area contributed by atoms with Crippen molar-refractivity contribution in [3.05, 3.63) is 28.6 Å². The highest BCUT2D eigenvalue weighted by molar-refractivity contribution is 8.18. The second-order valence-corrected chi connectivity index (χ2v) is 3.83. The number of carbonyl (C=O) groups is 2. The monoisotopic (exact) mass is 209 g/mol. The van der Waals surface area contributed by atoms with Crippen molar-refractivity contribution in [3.63, 3.8) is 0 Å². The molecule has 1 aliphatic heterocycles. The summed E-state index contributed by atoms with van der Waals surface area (Å²) in [7, 11) is 0. The molecule has 0 radical (unpaired) electrons. The second-order valence-electron chi connectivity index (χ2n) is 2.82. The molecule has 1 N–H and O–H groups in total. The van der Waals surface area contributed by atoms with Crippen LogP contribution in [0.15, 0.2) is 21.7 Å². The SMILES string of the molecule is Cc1ccoc1/C=C1/SC(=O)NC1=O. The van der Waals surface area contributed by atoms with Crippen LogP contribution in [0, 0.1) is 6.92 Å². The maximum Gasteiger partial charge on any atom is 0.290 e. The lowest BCUT2D eigenvalue weighted by molar-refractivity contribution is -0.115. The summed E-state index contributed by atoms with van der Waals surface area (Å²) in [6.07, 6.45) is 3.11. The molecule has 2 rings (SSSR count). The third kappa shape index (κ3) is 1.58. The van der Waals surface area contributed by atoms with Gasteiger partial charge in [0.2, 0.25) is 0 Å². The van der Waals surface area contributed by atoms with Gasteiger partial charge in [-0.05, 0) is 30.3 Å². The summed E-state index contributed by atoms with van der Waals surface area (Å²) in [6, 6.07) is 1.80. The first-order chi connectivity index (χ1) is 6.66. The molecule has 1 aromatic heterocycles. The Kier molecular flexibility index (Phi) is 2.17. The first-order valence-corrected chi connectivity index (χ1v) is 4.77. The van der Waals surface area contributed by atoms with E-state index in [1.54, 1.807) is 18.4 Å². The van der Waals surface area contributed by atoms with Gasteiger partial charge in [-0.2, -0.15) is 0 Å². The van der Waals surface area contributed by atoms with Gasteiger partial charge in [-0.25, -0.2) is 0 Å². The Balaban J connectivity index is 2.32. The van der Waals surface area contributed by atoms with E-state index in [-0.39, 0.29) is 11.1 Å². The zero-order chi connectivity index (χ0) is 10.1. The molecule has 0 aromatic carbocycles. The number of nitrogens with one attached hydrogen (secondary N) is 1. The van der Waals surface area contributed by atoms with E-state index >= 15 is 0 Å². The Morgan fingerprint density at radius 2 is 2.29 bits per heavy atom. The zero-order valence-corrected chi connectivity index (χ0v) is 8.18. The van der Waals surface area contributed by atoms with Gasteiger partial charge in [0.1, 0.15) is 5.76 Å². The van der Waals surface area contributed by atoms with E-state index in [1.807, 2.05) is 6.92 Å². The van der Waals surface area contributed by atoms with Gasteiger partial charge in [0.05, 0.1) is 11.2 Å². The molecule has 1 saturated heterocycles. The van der Waals surface area contributed by atoms with Gasteiger partial charge in [0, 0.05) is 6.08 Å². The minimum atomic E-state index is -0.365. The molecule has 72 valence electrons. The standard InChI is InChI=1S/C9H7NO3S/c1-5-2-3-13-6(5)4-7-8(11)10-9(12)14-7/h2-4H,1H3,(H,10,11,12)/b7-4+. The van der Waals surface area contributed by atoms with Crippen LogP contribution in [0.5, 0.6) is 0 Å². The smallest absolute Gasteiger partial charge is 0.290 e. The summed E-state index contributed by atoms with van der Waals surface area (Å²) in [5.74, 6) is 0.244. The Labute approximate surface area is 84.4 Å². The largest absolute Gasteiger partial charge is 0.465 e. The van der Waals surface area contributed by atoms with E-state index in [1.165, 1.54) is 0 Å². The van der Waals surface area contributed by atoms with Crippen molar-refractivity contribution in [2.75, 3.05) is 0 Å². The summed E-state index contributed by atoms with van der Waals surface area (Å²) in [5.41, 5.74) is 0.935. The van der Waals surface area contributed by atoms with Gasteiger partial charge in [0.25, 0.3) is 11.1 Å². The summed E-state index contributed by atoms with van der Waals surface area (Å²) < 4.78 is 5.13. The first kappa shape index (κ1) is 9.08. The van der Waals surface area contributed by atoms with Crippen LogP contribution in [-0.2, 0) is 4.79 Å². The average molecular weight is 209 g/mol. The lowest BCUT2D eigenvalue weighted by atomic mass is 10.2. The van der Waals surface area contributed by atoms with Crippen LogP contribution in [0.3, 0.4) is 0 Å². The van der Waals surface area contributed by atoms with Crippen molar-refractivity contribution in [3.8, 4) is 0 Å². The molecule has 2 heterocycles. The van der Waals surface area contributed by atoms with Crippen molar-refractivity contribution in [2.45, 2.75) is 6.92 Å². The lowest BCUT2D eigenvalue weighted by Crippen LogP contribution is -2.17. The van der Waals surface area contributed by atoms with E-state index in [9.17, 15) is 9.59 Å². The predicted octanol–water partition coefficient (Wildman–Crippen LogP) is 1.91. The van der Waals surface area contributed by atoms with Crippen molar-refractivity contribution < 1.29 is 14.0 Å². The molecule has 0 bridgehead atoms. The first-order valence-electron chi connectivity index (χ1n) is 3.96. The van der Waals surface area contributed by atoms with Gasteiger partial charge in [-0.15, -0.1) is 0 Å². The van der Waals surface area contributed by atoms with Gasteiger partial charge < -0.3 is 4.42 Å². The maximum absolute atomic E-state index is 11.2. The van der Waals surface area contributed by atoms with Crippen molar-refractivity contribution in [1.82, 2.24) is 5.32 Å². The van der Waals surface area contributed by atoms with Crippen molar-refractivity contribution in [1.29, 1.82) is 0 Å². The van der Waals surface area contributed by atoms with Crippen molar-refractivity contribution >= 4 is 29.0 Å². The number of hydrogen-bond donors (Lipinski definition) is 1. The highest BCUT2D eigenvalue weighted by Gasteiger charge is 2.25. The number of hydrogen-bond acceptors (Lipinski definition) is 4. The van der Waals surface area contributed by atoms with Crippen LogP contribution in [-0.4, -0.2) is 11.1 Å². The number of imide groups is 1. The molecule has 4 nitrogen and oxygen atoms in total. The van der Waals surface area contributed by atoms with E-state index < -0.39 is 0 Å². The number of thioether (sulfide) groups is 1. The van der Waals surface area contributed by atoms with Gasteiger partial charge in [-0.3, -0.25) is 14.9 Å². The molecule has 5 heteroatoms. The quantitative estimate of drug-likeness (QED) is 0.718. The number of amides is 2. The summed E-state index contributed by atoms with van der Waals surface area (Å²) in [4.78, 5) is 22.4. The molecule has 0 atom stereocenters. The number of rotatable bonds is 1. The molecule has 2 amide bonds. The van der Waals surface area contributed by atoms with Crippen LogP contribution in [0.1, 0.15) is 11.3 Å². The molecule has 0 aliphatic carbocycles. The summed E-state index contributed by atoms with van der Waals surface area (Å²) in [5, 5.41) is 1.83. The number of furan rings is 1. The maximum atomic E-state index is 11.2.